The second-order valence-electron chi connectivity index (χ2n) is 1.73. The van der Waals surface area contributed by atoms with Crippen molar-refractivity contribution in [1.82, 2.24) is 0 Å². The fourth-order valence-corrected chi connectivity index (χ4v) is 1.08. The molecule has 4 nitrogen and oxygen atoms in total. The van der Waals surface area contributed by atoms with Gasteiger partial charge in [-0.3, -0.25) is 0 Å². The van der Waals surface area contributed by atoms with Gasteiger partial charge < -0.3 is 0 Å². The summed E-state index contributed by atoms with van der Waals surface area (Å²) in [7, 11) is -1.96. The van der Waals surface area contributed by atoms with Crippen LogP contribution in [-0.4, -0.2) is 21.4 Å². The van der Waals surface area contributed by atoms with Crippen LogP contribution in [0.5, 0.6) is 0 Å². The van der Waals surface area contributed by atoms with Gasteiger partial charge in [0.1, 0.15) is 16.1 Å². The molecule has 0 bridgehead atoms. The molecule has 56 valence electrons. The van der Waals surface area contributed by atoms with E-state index < -0.39 is 10.2 Å². The Morgan fingerprint density at radius 1 is 1.64 bits per heavy atom. The molecule has 0 aromatic carbocycles. The molecule has 0 aromatic rings. The minimum Gasteiger partial charge on any atom is -0.241 e. The van der Waals surface area contributed by atoms with E-state index in [0.29, 0.717) is 0 Å². The first-order valence-corrected chi connectivity index (χ1v) is 3.87. The van der Waals surface area contributed by atoms with Crippen molar-refractivity contribution in [3.63, 3.8) is 0 Å². The van der Waals surface area contributed by atoms with E-state index in [1.165, 1.54) is 18.4 Å². The van der Waals surface area contributed by atoms with Crippen LogP contribution in [0, 0.1) is 4.78 Å². The summed E-state index contributed by atoms with van der Waals surface area (Å²) in [5.74, 6) is 1.55. The second-order valence-corrected chi connectivity index (χ2v) is 2.65. The van der Waals surface area contributed by atoms with Crippen molar-refractivity contribution in [3.05, 3.63) is 17.7 Å². The van der Waals surface area contributed by atoms with Crippen LogP contribution in [0.4, 0.5) is 0 Å². The summed E-state index contributed by atoms with van der Waals surface area (Å²) in [4.78, 5) is 13.7. The zero-order valence-corrected chi connectivity index (χ0v) is 6.22. The molecule has 1 aliphatic heterocycles. The number of nitrogens with one attached hydrogen (secondary N) is 1. The lowest BCUT2D eigenvalue weighted by Gasteiger charge is -1.95. The van der Waals surface area contributed by atoms with Crippen molar-refractivity contribution in [3.8, 4) is 0 Å². The molecular weight excluding hydrogens is 164 g/mol. The molecule has 0 saturated carbocycles. The van der Waals surface area contributed by atoms with Crippen LogP contribution in [0.2, 0.25) is 0 Å². The summed E-state index contributed by atoms with van der Waals surface area (Å²) >= 11 is 0. The smallest absolute Gasteiger partial charge is 0.180 e. The van der Waals surface area contributed by atoms with Gasteiger partial charge in [0, 0.05) is 6.21 Å². The molecule has 5 heteroatoms. The van der Waals surface area contributed by atoms with E-state index in [1.807, 2.05) is 0 Å². The van der Waals surface area contributed by atoms with Crippen LogP contribution in [0.15, 0.2) is 22.7 Å². The van der Waals surface area contributed by atoms with E-state index in [2.05, 4.69) is 4.99 Å². The fourth-order valence-electron chi connectivity index (χ4n) is 0.616. The maximum Gasteiger partial charge on any atom is 0.180 e. The first-order chi connectivity index (χ1) is 5.25. The summed E-state index contributed by atoms with van der Waals surface area (Å²) in [5, 5.41) is 0. The summed E-state index contributed by atoms with van der Waals surface area (Å²) in [6.45, 7) is 0. The van der Waals surface area contributed by atoms with Crippen molar-refractivity contribution in [1.29, 1.82) is 4.78 Å². The predicted octanol–water partition coefficient (Wildman–Crippen LogP) is 0.0260. The molecule has 0 amide bonds. The average Bonchev–Trinajstić information content (AvgIpc) is 2.04. The Morgan fingerprint density at radius 2 is 2.36 bits per heavy atom. The molecule has 1 aliphatic rings. The lowest BCUT2D eigenvalue weighted by molar-refractivity contribution is 0.568. The summed E-state index contributed by atoms with van der Waals surface area (Å²) in [6.07, 6.45) is 4.32. The third-order valence-corrected chi connectivity index (χ3v) is 1.73. The number of hydrogen-bond donors (Lipinski definition) is 1. The fraction of sp³-hybridized carbons (Fsp3) is 0. The van der Waals surface area contributed by atoms with E-state index in [9.17, 15) is 9.00 Å². The first-order valence-electron chi connectivity index (χ1n) is 2.72. The van der Waals surface area contributed by atoms with E-state index in [0.717, 1.165) is 0 Å². The monoisotopic (exact) mass is 168 g/mol. The minimum atomic E-state index is -1.96. The van der Waals surface area contributed by atoms with Crippen molar-refractivity contribution in [2.45, 2.75) is 0 Å². The molecule has 0 fully saturated rings. The maximum atomic E-state index is 10.6. The van der Waals surface area contributed by atoms with E-state index in [4.69, 9.17) is 4.78 Å². The van der Waals surface area contributed by atoms with Gasteiger partial charge in [-0.15, -0.1) is 0 Å². The average molecular weight is 168 g/mol. The van der Waals surface area contributed by atoms with E-state index >= 15 is 0 Å². The lowest BCUT2D eigenvalue weighted by atomic mass is 10.2. The molecule has 0 radical (unpaired) electrons. The largest absolute Gasteiger partial charge is 0.241 e. The van der Waals surface area contributed by atoms with Crippen molar-refractivity contribution >= 4 is 27.3 Å². The highest BCUT2D eigenvalue weighted by Crippen LogP contribution is 1.99. The Balaban J connectivity index is 3.42. The quantitative estimate of drug-likeness (QED) is 0.315. The highest BCUT2D eigenvalue weighted by molar-refractivity contribution is 7.74. The zero-order valence-electron chi connectivity index (χ0n) is 5.40. The summed E-state index contributed by atoms with van der Waals surface area (Å²) in [5.41, 5.74) is 0.0841. The van der Waals surface area contributed by atoms with Gasteiger partial charge in [-0.25, -0.2) is 18.8 Å². The first kappa shape index (κ1) is 7.65. The number of aliphatic imine (C=N–C) groups is 1. The van der Waals surface area contributed by atoms with Crippen molar-refractivity contribution in [2.75, 3.05) is 0 Å². The number of rotatable bonds is 0. The molecule has 1 rings (SSSR count). The van der Waals surface area contributed by atoms with Gasteiger partial charge in [-0.2, -0.15) is 0 Å². The minimum absolute atomic E-state index is 0.0394. The SMILES string of the molecule is N=S(=O)=C1N=CC=CC1=C=O. The van der Waals surface area contributed by atoms with Crippen LogP contribution in [0.3, 0.4) is 0 Å². The highest BCUT2D eigenvalue weighted by Gasteiger charge is 2.05. The van der Waals surface area contributed by atoms with Crippen LogP contribution < -0.4 is 0 Å². The normalized spacial score (nSPS) is 14.9. The lowest BCUT2D eigenvalue weighted by Crippen LogP contribution is -2.02. The van der Waals surface area contributed by atoms with Crippen LogP contribution >= 0.6 is 0 Å². The molecule has 1 N–H and O–H groups in total. The number of carbonyl (C=O) groups excluding carboxylic acids is 1. The molecule has 0 unspecified atom stereocenters. The van der Waals surface area contributed by atoms with Gasteiger partial charge in [0.05, 0.1) is 5.57 Å². The molecular formula is C6H4N2O2S. The highest BCUT2D eigenvalue weighted by atomic mass is 32.2. The van der Waals surface area contributed by atoms with E-state index in [1.54, 1.807) is 5.94 Å². The molecule has 0 aliphatic carbocycles. The number of allylic oxidation sites excluding steroid dienone is 1. The van der Waals surface area contributed by atoms with Gasteiger partial charge in [0.15, 0.2) is 4.99 Å². The molecule has 1 heterocycles. The number of nitrogens with zero attached hydrogens (tertiary/aromatic N) is 1. The molecule has 0 aromatic heterocycles. The molecule has 0 saturated heterocycles. The third kappa shape index (κ3) is 1.52. The topological polar surface area (TPSA) is 70.3 Å². The molecule has 0 atom stereocenters. The van der Waals surface area contributed by atoms with Gasteiger partial charge in [-0.05, 0) is 12.2 Å². The zero-order chi connectivity index (χ0) is 8.27. The summed E-state index contributed by atoms with van der Waals surface area (Å²) < 4.78 is 17.4. The number of hydrogen-bond acceptors (Lipinski definition) is 3. The van der Waals surface area contributed by atoms with Crippen molar-refractivity contribution in [2.24, 2.45) is 4.99 Å². The Morgan fingerprint density at radius 3 is 2.82 bits per heavy atom. The van der Waals surface area contributed by atoms with Gasteiger partial charge in [0.25, 0.3) is 0 Å². The Kier molecular flexibility index (Phi) is 2.15. The van der Waals surface area contributed by atoms with Crippen LogP contribution in [0.1, 0.15) is 0 Å². The second kappa shape index (κ2) is 3.09. The van der Waals surface area contributed by atoms with Crippen LogP contribution in [0.25, 0.3) is 0 Å². The standard InChI is InChI=1S/C6H4N2O2S/c7-11(10)6-5(4-9)2-1-3-8-6/h1-3,7H. The van der Waals surface area contributed by atoms with Gasteiger partial charge in [0.2, 0.25) is 0 Å². The van der Waals surface area contributed by atoms with Gasteiger partial charge in [-0.1, -0.05) is 0 Å². The van der Waals surface area contributed by atoms with E-state index in [-0.39, 0.29) is 10.6 Å². The summed E-state index contributed by atoms with van der Waals surface area (Å²) in [6, 6.07) is 0. The maximum absolute atomic E-state index is 10.6. The Hall–Kier alpha value is -1.45. The molecule has 11 heavy (non-hydrogen) atoms. The van der Waals surface area contributed by atoms with Crippen LogP contribution in [-0.2, 0) is 15.0 Å². The Bertz CT molecular complexity index is 400. The van der Waals surface area contributed by atoms with Crippen molar-refractivity contribution < 1.29 is 9.00 Å². The number of dihydropyridines is 1. The van der Waals surface area contributed by atoms with Gasteiger partial charge >= 0.3 is 0 Å². The molecule has 0 spiro atoms. The Labute approximate surface area is 64.5 Å². The predicted molar refractivity (Wildman–Crippen MR) is 42.7 cm³/mol. The third-order valence-electron chi connectivity index (χ3n) is 1.06.